The van der Waals surface area contributed by atoms with E-state index in [1.807, 2.05) is 15.9 Å². The van der Waals surface area contributed by atoms with Crippen LogP contribution in [0, 0.1) is 11.8 Å². The van der Waals surface area contributed by atoms with Gasteiger partial charge in [-0.15, -0.1) is 0 Å². The highest BCUT2D eigenvalue weighted by atomic mass is 16.2. The summed E-state index contributed by atoms with van der Waals surface area (Å²) in [6.07, 6.45) is 5.01. The molecule has 3 heterocycles. The Morgan fingerprint density at radius 1 is 1.25 bits per heavy atom. The van der Waals surface area contributed by atoms with Crippen LogP contribution in [0.2, 0.25) is 0 Å². The third-order valence-corrected chi connectivity index (χ3v) is 4.69. The number of rotatable bonds is 0. The Bertz CT molecular complexity index is 492. The number of nitrogens with zero attached hydrogens (tertiary/aromatic N) is 3. The molecule has 2 aliphatic heterocycles. The summed E-state index contributed by atoms with van der Waals surface area (Å²) in [5.41, 5.74) is 1.21. The van der Waals surface area contributed by atoms with Gasteiger partial charge in [-0.05, 0) is 42.7 Å². The lowest BCUT2D eigenvalue weighted by atomic mass is 10.0. The molecule has 4 heteroatoms. The van der Waals surface area contributed by atoms with E-state index in [1.165, 1.54) is 5.56 Å². The summed E-state index contributed by atoms with van der Waals surface area (Å²) < 4.78 is 0. The fraction of sp³-hybridized carbons (Fsp3) is 0.625. The molecule has 108 valence electrons. The largest absolute Gasteiger partial charge is 0.325 e. The number of anilines is 1. The molecule has 2 amide bonds. The van der Waals surface area contributed by atoms with E-state index in [-0.39, 0.29) is 6.03 Å². The topological polar surface area (TPSA) is 36.4 Å². The van der Waals surface area contributed by atoms with Gasteiger partial charge in [0, 0.05) is 25.8 Å². The van der Waals surface area contributed by atoms with E-state index in [0.717, 1.165) is 44.7 Å². The Balaban J connectivity index is 1.84. The van der Waals surface area contributed by atoms with Crippen LogP contribution in [0.4, 0.5) is 10.6 Å². The first-order chi connectivity index (χ1) is 9.66. The molecule has 0 N–H and O–H groups in total. The van der Waals surface area contributed by atoms with Crippen molar-refractivity contribution >= 4 is 11.8 Å². The molecule has 0 aromatic carbocycles. The number of hydrogen-bond acceptors (Lipinski definition) is 2. The first-order valence-electron chi connectivity index (χ1n) is 7.67. The van der Waals surface area contributed by atoms with E-state index in [4.69, 9.17) is 0 Å². The number of likely N-dealkylation sites (tertiary alicyclic amines) is 1. The van der Waals surface area contributed by atoms with Crippen LogP contribution < -0.4 is 4.90 Å². The van der Waals surface area contributed by atoms with Crippen molar-refractivity contribution in [2.45, 2.75) is 33.1 Å². The second-order valence-electron chi connectivity index (χ2n) is 6.24. The SMILES string of the molecule is CC1CN(C(=O)N2CCCCc3cccnc32)CC1C. The number of aryl methyl sites for hydroxylation is 1. The minimum atomic E-state index is 0.142. The molecule has 1 aromatic heterocycles. The maximum atomic E-state index is 12.8. The van der Waals surface area contributed by atoms with E-state index in [2.05, 4.69) is 24.9 Å². The standard InChI is InChI=1S/C16H23N3O/c1-12-10-18(11-13(12)2)16(20)19-9-4-3-6-14-7-5-8-17-15(14)19/h5,7-8,12-13H,3-4,6,9-11H2,1-2H3. The van der Waals surface area contributed by atoms with Crippen molar-refractivity contribution in [2.75, 3.05) is 24.5 Å². The van der Waals surface area contributed by atoms with Crippen molar-refractivity contribution in [3.05, 3.63) is 23.9 Å². The van der Waals surface area contributed by atoms with Crippen molar-refractivity contribution in [3.8, 4) is 0 Å². The molecule has 2 aliphatic rings. The number of amides is 2. The van der Waals surface area contributed by atoms with Crippen LogP contribution >= 0.6 is 0 Å². The van der Waals surface area contributed by atoms with Gasteiger partial charge >= 0.3 is 6.03 Å². The summed E-state index contributed by atoms with van der Waals surface area (Å²) in [5.74, 6) is 2.06. The molecule has 0 bridgehead atoms. The zero-order valence-electron chi connectivity index (χ0n) is 12.4. The van der Waals surface area contributed by atoms with Gasteiger partial charge in [-0.1, -0.05) is 19.9 Å². The van der Waals surface area contributed by atoms with Crippen molar-refractivity contribution in [2.24, 2.45) is 11.8 Å². The van der Waals surface area contributed by atoms with Gasteiger partial charge in [0.15, 0.2) is 0 Å². The van der Waals surface area contributed by atoms with E-state index in [0.29, 0.717) is 11.8 Å². The van der Waals surface area contributed by atoms with Crippen LogP contribution in [-0.4, -0.2) is 35.5 Å². The minimum absolute atomic E-state index is 0.142. The number of urea groups is 1. The molecule has 1 fully saturated rings. The second kappa shape index (κ2) is 5.43. The van der Waals surface area contributed by atoms with Gasteiger partial charge in [-0.3, -0.25) is 4.90 Å². The summed E-state index contributed by atoms with van der Waals surface area (Å²) >= 11 is 0. The number of aromatic nitrogens is 1. The van der Waals surface area contributed by atoms with E-state index in [1.54, 1.807) is 6.20 Å². The Kier molecular flexibility index (Phi) is 3.64. The summed E-state index contributed by atoms with van der Waals surface area (Å²) in [6.45, 7) is 7.00. The van der Waals surface area contributed by atoms with Crippen LogP contribution in [0.5, 0.6) is 0 Å². The highest BCUT2D eigenvalue weighted by molar-refractivity contribution is 5.92. The van der Waals surface area contributed by atoms with Crippen LogP contribution in [0.3, 0.4) is 0 Å². The Morgan fingerprint density at radius 2 is 2.00 bits per heavy atom. The first-order valence-corrected chi connectivity index (χ1v) is 7.67. The normalized spacial score (nSPS) is 26.3. The zero-order valence-corrected chi connectivity index (χ0v) is 12.4. The fourth-order valence-corrected chi connectivity index (χ4v) is 3.20. The van der Waals surface area contributed by atoms with Gasteiger partial charge < -0.3 is 4.90 Å². The van der Waals surface area contributed by atoms with Crippen molar-refractivity contribution in [3.63, 3.8) is 0 Å². The predicted octanol–water partition coefficient (Wildman–Crippen LogP) is 2.93. The fourth-order valence-electron chi connectivity index (χ4n) is 3.20. The smallest absolute Gasteiger partial charge is 0.324 e. The van der Waals surface area contributed by atoms with Gasteiger partial charge in [0.2, 0.25) is 0 Å². The molecule has 1 saturated heterocycles. The highest BCUT2D eigenvalue weighted by Gasteiger charge is 2.33. The Labute approximate surface area is 120 Å². The number of hydrogen-bond donors (Lipinski definition) is 0. The molecule has 3 rings (SSSR count). The molecule has 0 saturated carbocycles. The van der Waals surface area contributed by atoms with Crippen molar-refractivity contribution < 1.29 is 4.79 Å². The molecule has 0 spiro atoms. The van der Waals surface area contributed by atoms with E-state index >= 15 is 0 Å². The molecule has 1 aromatic rings. The lowest BCUT2D eigenvalue weighted by Gasteiger charge is -2.27. The van der Waals surface area contributed by atoms with E-state index in [9.17, 15) is 4.79 Å². The average molecular weight is 273 g/mol. The molecular formula is C16H23N3O. The van der Waals surface area contributed by atoms with Crippen molar-refractivity contribution in [1.29, 1.82) is 0 Å². The lowest BCUT2D eigenvalue weighted by molar-refractivity contribution is 0.213. The first kappa shape index (κ1) is 13.4. The molecule has 0 aliphatic carbocycles. The summed E-state index contributed by atoms with van der Waals surface area (Å²) in [4.78, 5) is 21.2. The number of fused-ring (bicyclic) bond motifs is 1. The van der Waals surface area contributed by atoms with Crippen LogP contribution in [0.25, 0.3) is 0 Å². The van der Waals surface area contributed by atoms with Gasteiger partial charge in [-0.2, -0.15) is 0 Å². The molecule has 2 atom stereocenters. The van der Waals surface area contributed by atoms with Gasteiger partial charge in [-0.25, -0.2) is 9.78 Å². The maximum absolute atomic E-state index is 12.8. The highest BCUT2D eigenvalue weighted by Crippen LogP contribution is 2.28. The monoisotopic (exact) mass is 273 g/mol. The Hall–Kier alpha value is -1.58. The van der Waals surface area contributed by atoms with Crippen LogP contribution in [0.1, 0.15) is 32.3 Å². The maximum Gasteiger partial charge on any atom is 0.325 e. The van der Waals surface area contributed by atoms with Gasteiger partial charge in [0.1, 0.15) is 5.82 Å². The third kappa shape index (κ3) is 2.39. The predicted molar refractivity (Wildman–Crippen MR) is 79.8 cm³/mol. The minimum Gasteiger partial charge on any atom is -0.324 e. The van der Waals surface area contributed by atoms with Crippen LogP contribution in [0.15, 0.2) is 18.3 Å². The number of carbonyl (C=O) groups is 1. The number of pyridine rings is 1. The van der Waals surface area contributed by atoms with Crippen LogP contribution in [-0.2, 0) is 6.42 Å². The number of carbonyl (C=O) groups excluding carboxylic acids is 1. The quantitative estimate of drug-likeness (QED) is 0.728. The summed E-state index contributed by atoms with van der Waals surface area (Å²) in [5, 5.41) is 0. The third-order valence-electron chi connectivity index (χ3n) is 4.69. The van der Waals surface area contributed by atoms with E-state index < -0.39 is 0 Å². The summed E-state index contributed by atoms with van der Waals surface area (Å²) in [7, 11) is 0. The Morgan fingerprint density at radius 3 is 2.75 bits per heavy atom. The molecule has 20 heavy (non-hydrogen) atoms. The van der Waals surface area contributed by atoms with Crippen molar-refractivity contribution in [1.82, 2.24) is 9.88 Å². The van der Waals surface area contributed by atoms with Gasteiger partial charge in [0.25, 0.3) is 0 Å². The summed E-state index contributed by atoms with van der Waals surface area (Å²) in [6, 6.07) is 4.21. The molecule has 2 unspecified atom stereocenters. The average Bonchev–Trinajstić information content (AvgIpc) is 2.68. The van der Waals surface area contributed by atoms with Gasteiger partial charge in [0.05, 0.1) is 0 Å². The second-order valence-corrected chi connectivity index (χ2v) is 6.24. The lowest BCUT2D eigenvalue weighted by Crippen LogP contribution is -2.43. The molecule has 0 radical (unpaired) electrons. The molecular weight excluding hydrogens is 250 g/mol. The molecule has 4 nitrogen and oxygen atoms in total. The zero-order chi connectivity index (χ0) is 14.1.